The minimum absolute atomic E-state index is 0.763. The van der Waals surface area contributed by atoms with Crippen molar-refractivity contribution < 1.29 is 0 Å². The Labute approximate surface area is 113 Å². The maximum absolute atomic E-state index is 6.01. The summed E-state index contributed by atoms with van der Waals surface area (Å²) in [6, 6.07) is 8.02. The zero-order valence-corrected chi connectivity index (χ0v) is 11.3. The molecule has 1 atom stereocenters. The van der Waals surface area contributed by atoms with Gasteiger partial charge in [-0.05, 0) is 30.0 Å². The number of rotatable bonds is 2. The Kier molecular flexibility index (Phi) is 3.13. The van der Waals surface area contributed by atoms with Crippen molar-refractivity contribution in [2.24, 2.45) is 5.92 Å². The average molecular weight is 261 g/mol. The van der Waals surface area contributed by atoms with Gasteiger partial charge in [0, 0.05) is 30.6 Å². The third-order valence-electron chi connectivity index (χ3n) is 3.58. The van der Waals surface area contributed by atoms with E-state index in [1.54, 1.807) is 0 Å². The molecule has 3 heteroatoms. The van der Waals surface area contributed by atoms with E-state index in [1.165, 1.54) is 17.8 Å². The minimum Gasteiger partial charge on any atom is -0.335 e. The summed E-state index contributed by atoms with van der Waals surface area (Å²) in [5, 5.41) is 0.796. The number of halogens is 1. The van der Waals surface area contributed by atoms with Gasteiger partial charge in [-0.2, -0.15) is 0 Å². The lowest BCUT2D eigenvalue weighted by atomic mass is 10.0. The van der Waals surface area contributed by atoms with E-state index in [2.05, 4.69) is 23.8 Å². The van der Waals surface area contributed by atoms with Crippen molar-refractivity contribution in [3.63, 3.8) is 0 Å². The molecule has 0 saturated heterocycles. The summed E-state index contributed by atoms with van der Waals surface area (Å²) >= 11 is 6.01. The lowest BCUT2D eigenvalue weighted by Gasteiger charge is -2.18. The number of nitrogens with zero attached hydrogens (tertiary/aromatic N) is 2. The quantitative estimate of drug-likeness (QED) is 0.805. The summed E-state index contributed by atoms with van der Waals surface area (Å²) < 4.78 is 2.31. The third-order valence-corrected chi connectivity index (χ3v) is 3.81. The SMILES string of the molecule is CC1CCn2cc(Cc3cccc(Cl)c3)nc2C1. The van der Waals surface area contributed by atoms with Gasteiger partial charge >= 0.3 is 0 Å². The predicted molar refractivity (Wildman–Crippen MR) is 74.0 cm³/mol. The largest absolute Gasteiger partial charge is 0.335 e. The second-order valence-electron chi connectivity index (χ2n) is 5.25. The van der Waals surface area contributed by atoms with E-state index in [0.29, 0.717) is 0 Å². The van der Waals surface area contributed by atoms with Gasteiger partial charge in [0.2, 0.25) is 0 Å². The van der Waals surface area contributed by atoms with Crippen LogP contribution in [0, 0.1) is 5.92 Å². The number of hydrogen-bond donors (Lipinski definition) is 0. The summed E-state index contributed by atoms with van der Waals surface area (Å²) in [5.41, 5.74) is 2.38. The number of benzene rings is 1. The Morgan fingerprint density at radius 1 is 1.44 bits per heavy atom. The molecule has 94 valence electrons. The van der Waals surface area contributed by atoms with Gasteiger partial charge in [-0.1, -0.05) is 30.7 Å². The van der Waals surface area contributed by atoms with Gasteiger partial charge in [-0.25, -0.2) is 4.98 Å². The summed E-state index contributed by atoms with van der Waals surface area (Å²) in [5.74, 6) is 2.00. The number of hydrogen-bond acceptors (Lipinski definition) is 1. The van der Waals surface area contributed by atoms with E-state index in [1.807, 2.05) is 18.2 Å². The molecule has 0 aliphatic carbocycles. The maximum Gasteiger partial charge on any atom is 0.109 e. The first-order valence-electron chi connectivity index (χ1n) is 6.50. The van der Waals surface area contributed by atoms with E-state index in [4.69, 9.17) is 16.6 Å². The highest BCUT2D eigenvalue weighted by Gasteiger charge is 2.17. The minimum atomic E-state index is 0.763. The molecule has 2 aromatic rings. The topological polar surface area (TPSA) is 17.8 Å². The average Bonchev–Trinajstić information content (AvgIpc) is 2.70. The molecule has 0 fully saturated rings. The number of aryl methyl sites for hydroxylation is 1. The van der Waals surface area contributed by atoms with Crippen molar-refractivity contribution in [1.29, 1.82) is 0 Å². The van der Waals surface area contributed by atoms with Gasteiger partial charge in [0.1, 0.15) is 5.82 Å². The number of aromatic nitrogens is 2. The van der Waals surface area contributed by atoms with Gasteiger partial charge in [0.25, 0.3) is 0 Å². The molecule has 2 heterocycles. The smallest absolute Gasteiger partial charge is 0.109 e. The van der Waals surface area contributed by atoms with Gasteiger partial charge in [0.15, 0.2) is 0 Å². The molecule has 1 aromatic heterocycles. The molecule has 0 amide bonds. The molecule has 0 saturated carbocycles. The fraction of sp³-hybridized carbons (Fsp3) is 0.400. The highest BCUT2D eigenvalue weighted by molar-refractivity contribution is 6.30. The van der Waals surface area contributed by atoms with E-state index < -0.39 is 0 Å². The first-order chi connectivity index (χ1) is 8.70. The van der Waals surface area contributed by atoms with Crippen LogP contribution < -0.4 is 0 Å². The second kappa shape index (κ2) is 4.77. The number of fused-ring (bicyclic) bond motifs is 1. The van der Waals surface area contributed by atoms with Crippen molar-refractivity contribution in [2.45, 2.75) is 32.7 Å². The molecule has 18 heavy (non-hydrogen) atoms. The zero-order valence-electron chi connectivity index (χ0n) is 10.6. The molecule has 0 bridgehead atoms. The molecule has 0 N–H and O–H groups in total. The molecule has 0 radical (unpaired) electrons. The summed E-state index contributed by atoms with van der Waals surface area (Å²) in [6.07, 6.45) is 5.44. The zero-order chi connectivity index (χ0) is 12.5. The Bertz CT molecular complexity index is 559. The fourth-order valence-electron chi connectivity index (χ4n) is 2.58. The van der Waals surface area contributed by atoms with Crippen molar-refractivity contribution in [3.8, 4) is 0 Å². The van der Waals surface area contributed by atoms with Crippen LogP contribution in [0.4, 0.5) is 0 Å². The molecule has 2 nitrogen and oxygen atoms in total. The maximum atomic E-state index is 6.01. The van der Waals surface area contributed by atoms with Crippen molar-refractivity contribution >= 4 is 11.6 Å². The Hall–Kier alpha value is -1.28. The normalized spacial score (nSPS) is 18.7. The fourth-order valence-corrected chi connectivity index (χ4v) is 2.80. The van der Waals surface area contributed by atoms with E-state index >= 15 is 0 Å². The second-order valence-corrected chi connectivity index (χ2v) is 5.68. The predicted octanol–water partition coefficient (Wildman–Crippen LogP) is 3.71. The Morgan fingerprint density at radius 3 is 3.17 bits per heavy atom. The summed E-state index contributed by atoms with van der Waals surface area (Å²) in [7, 11) is 0. The van der Waals surface area contributed by atoms with Crippen LogP contribution in [-0.4, -0.2) is 9.55 Å². The van der Waals surface area contributed by atoms with Crippen LogP contribution in [0.15, 0.2) is 30.5 Å². The molecule has 1 aliphatic heterocycles. The van der Waals surface area contributed by atoms with Crippen LogP contribution >= 0.6 is 11.6 Å². The Morgan fingerprint density at radius 2 is 2.33 bits per heavy atom. The lowest BCUT2D eigenvalue weighted by Crippen LogP contribution is -2.16. The highest BCUT2D eigenvalue weighted by atomic mass is 35.5. The van der Waals surface area contributed by atoms with Crippen LogP contribution in [-0.2, 0) is 19.4 Å². The van der Waals surface area contributed by atoms with Gasteiger partial charge in [-0.3, -0.25) is 0 Å². The third kappa shape index (κ3) is 2.44. The van der Waals surface area contributed by atoms with Crippen molar-refractivity contribution in [2.75, 3.05) is 0 Å². The molecule has 3 rings (SSSR count). The van der Waals surface area contributed by atoms with E-state index in [-0.39, 0.29) is 0 Å². The molecular weight excluding hydrogens is 244 g/mol. The molecule has 0 spiro atoms. The van der Waals surface area contributed by atoms with Crippen LogP contribution in [0.25, 0.3) is 0 Å². The lowest BCUT2D eigenvalue weighted by molar-refractivity contribution is 0.409. The molecule has 1 aliphatic rings. The van der Waals surface area contributed by atoms with Crippen LogP contribution in [0.5, 0.6) is 0 Å². The summed E-state index contributed by atoms with van der Waals surface area (Å²) in [4.78, 5) is 4.75. The van der Waals surface area contributed by atoms with Crippen LogP contribution in [0.1, 0.15) is 30.4 Å². The molecular formula is C15H17ClN2. The first-order valence-corrected chi connectivity index (χ1v) is 6.88. The van der Waals surface area contributed by atoms with E-state index in [0.717, 1.165) is 36.0 Å². The highest BCUT2D eigenvalue weighted by Crippen LogP contribution is 2.21. The van der Waals surface area contributed by atoms with E-state index in [9.17, 15) is 0 Å². The molecule has 1 aromatic carbocycles. The molecule has 1 unspecified atom stereocenters. The van der Waals surface area contributed by atoms with Crippen LogP contribution in [0.3, 0.4) is 0 Å². The summed E-state index contributed by atoms with van der Waals surface area (Å²) in [6.45, 7) is 3.41. The van der Waals surface area contributed by atoms with Gasteiger partial charge < -0.3 is 4.57 Å². The van der Waals surface area contributed by atoms with Gasteiger partial charge in [0.05, 0.1) is 5.69 Å². The Balaban J connectivity index is 1.82. The first kappa shape index (κ1) is 11.8. The number of imidazole rings is 1. The standard InChI is InChI=1S/C15H17ClN2/c1-11-5-6-18-10-14(17-15(18)7-11)9-12-3-2-4-13(16)8-12/h2-4,8,10-11H,5-7,9H2,1H3. The van der Waals surface area contributed by atoms with Crippen molar-refractivity contribution in [1.82, 2.24) is 9.55 Å². The van der Waals surface area contributed by atoms with Crippen LogP contribution in [0.2, 0.25) is 5.02 Å². The monoisotopic (exact) mass is 260 g/mol. The van der Waals surface area contributed by atoms with Crippen molar-refractivity contribution in [3.05, 3.63) is 52.6 Å². The van der Waals surface area contributed by atoms with Gasteiger partial charge in [-0.15, -0.1) is 0 Å².